The lowest BCUT2D eigenvalue weighted by molar-refractivity contribution is -0.155. The summed E-state index contributed by atoms with van der Waals surface area (Å²) in [6.45, 7) is 4.36. The minimum atomic E-state index is -0.641. The first kappa shape index (κ1) is 23.7. The van der Waals surface area contributed by atoms with Crippen LogP contribution in [-0.2, 0) is 20.7 Å². The van der Waals surface area contributed by atoms with Crippen LogP contribution in [0.15, 0.2) is 48.5 Å². The lowest BCUT2D eigenvalue weighted by atomic mass is 9.84. The standard InChI is InChI=1S/C30H36N2O3/c1-19(2)21-13-15-22(16-14-21)29-28-24(23-11-7-8-12-25(23)31-28)18-26(30(34)35-3)32(29)27(33)17-20-9-5-4-6-10-20/h7-8,11-16,19-20,26,29,31H,4-6,9-10,17-18H2,1-3H3/t26-,29+/m1/s1. The Morgan fingerprint density at radius 3 is 2.43 bits per heavy atom. The minimum Gasteiger partial charge on any atom is -0.467 e. The molecule has 1 aromatic heterocycles. The number of benzene rings is 2. The minimum absolute atomic E-state index is 0.0505. The van der Waals surface area contributed by atoms with Crippen LogP contribution in [-0.4, -0.2) is 34.9 Å². The number of aromatic amines is 1. The fraction of sp³-hybridized carbons (Fsp3) is 0.467. The van der Waals surface area contributed by atoms with E-state index in [1.807, 2.05) is 17.0 Å². The average Bonchev–Trinajstić information content (AvgIpc) is 3.26. The number of rotatable bonds is 5. The Bertz CT molecular complexity index is 1200. The molecular formula is C30H36N2O3. The van der Waals surface area contributed by atoms with E-state index in [-0.39, 0.29) is 17.9 Å². The summed E-state index contributed by atoms with van der Waals surface area (Å²) in [5.74, 6) is 0.518. The highest BCUT2D eigenvalue weighted by Gasteiger charge is 2.44. The Hall–Kier alpha value is -3.08. The van der Waals surface area contributed by atoms with E-state index in [9.17, 15) is 9.59 Å². The molecule has 5 nitrogen and oxygen atoms in total. The molecule has 5 heteroatoms. The van der Waals surface area contributed by atoms with Gasteiger partial charge in [0.1, 0.15) is 6.04 Å². The molecule has 0 bridgehead atoms. The van der Waals surface area contributed by atoms with Crippen LogP contribution in [0.1, 0.15) is 86.7 Å². The molecule has 0 saturated heterocycles. The molecule has 1 N–H and O–H groups in total. The van der Waals surface area contributed by atoms with Gasteiger partial charge in [-0.3, -0.25) is 4.79 Å². The number of fused-ring (bicyclic) bond motifs is 3. The van der Waals surface area contributed by atoms with Gasteiger partial charge in [-0.05, 0) is 47.4 Å². The van der Waals surface area contributed by atoms with Crippen LogP contribution in [0, 0.1) is 5.92 Å². The van der Waals surface area contributed by atoms with Gasteiger partial charge in [0.2, 0.25) is 5.91 Å². The number of hydrogen-bond acceptors (Lipinski definition) is 3. The Labute approximate surface area is 207 Å². The highest BCUT2D eigenvalue weighted by Crippen LogP contribution is 2.42. The third-order valence-electron chi connectivity index (χ3n) is 8.00. The molecule has 35 heavy (non-hydrogen) atoms. The number of ether oxygens (including phenoxy) is 1. The molecule has 2 aliphatic rings. The molecule has 2 atom stereocenters. The molecule has 0 radical (unpaired) electrons. The molecule has 184 valence electrons. The molecule has 0 unspecified atom stereocenters. The molecule has 2 heterocycles. The lowest BCUT2D eigenvalue weighted by Crippen LogP contribution is -2.52. The summed E-state index contributed by atoms with van der Waals surface area (Å²) in [5.41, 5.74) is 5.43. The summed E-state index contributed by atoms with van der Waals surface area (Å²) in [7, 11) is 1.42. The summed E-state index contributed by atoms with van der Waals surface area (Å²) in [5, 5.41) is 1.11. The van der Waals surface area contributed by atoms with Crippen LogP contribution in [0.2, 0.25) is 0 Å². The van der Waals surface area contributed by atoms with Crippen molar-refractivity contribution in [3.05, 3.63) is 70.9 Å². The number of carbonyl (C=O) groups excluding carboxylic acids is 2. The quantitative estimate of drug-likeness (QED) is 0.445. The number of nitrogens with zero attached hydrogens (tertiary/aromatic N) is 1. The second-order valence-electron chi connectivity index (χ2n) is 10.5. The summed E-state index contributed by atoms with van der Waals surface area (Å²) in [4.78, 5) is 32.6. The molecule has 5 rings (SSSR count). The topological polar surface area (TPSA) is 62.4 Å². The summed E-state index contributed by atoms with van der Waals surface area (Å²) in [6, 6.07) is 15.7. The SMILES string of the molecule is COC(=O)[C@H]1Cc2c([nH]c3ccccc23)[C@H](c2ccc(C(C)C)cc2)N1C(=O)CC1CCCCC1. The van der Waals surface area contributed by atoms with Crippen molar-refractivity contribution >= 4 is 22.8 Å². The molecule has 1 saturated carbocycles. The van der Waals surface area contributed by atoms with Crippen LogP contribution < -0.4 is 0 Å². The predicted octanol–water partition coefficient (Wildman–Crippen LogP) is 6.28. The zero-order valence-electron chi connectivity index (χ0n) is 21.0. The first-order chi connectivity index (χ1) is 17.0. The predicted molar refractivity (Wildman–Crippen MR) is 138 cm³/mol. The Morgan fingerprint density at radius 1 is 1.03 bits per heavy atom. The van der Waals surface area contributed by atoms with Crippen molar-refractivity contribution in [2.24, 2.45) is 5.92 Å². The fourth-order valence-electron chi connectivity index (χ4n) is 6.07. The lowest BCUT2D eigenvalue weighted by Gasteiger charge is -2.41. The fourth-order valence-corrected chi connectivity index (χ4v) is 6.07. The van der Waals surface area contributed by atoms with Gasteiger partial charge in [-0.1, -0.05) is 75.6 Å². The first-order valence-corrected chi connectivity index (χ1v) is 13.1. The second-order valence-corrected chi connectivity index (χ2v) is 10.5. The van der Waals surface area contributed by atoms with Gasteiger partial charge in [0.25, 0.3) is 0 Å². The number of hydrogen-bond donors (Lipinski definition) is 1. The number of para-hydroxylation sites is 1. The molecular weight excluding hydrogens is 436 g/mol. The van der Waals surface area contributed by atoms with Gasteiger partial charge < -0.3 is 14.6 Å². The number of esters is 1. The normalized spacial score (nSPS) is 20.7. The van der Waals surface area contributed by atoms with Crippen LogP contribution >= 0.6 is 0 Å². The van der Waals surface area contributed by atoms with E-state index in [2.05, 4.69) is 55.2 Å². The van der Waals surface area contributed by atoms with Gasteiger partial charge >= 0.3 is 5.97 Å². The van der Waals surface area contributed by atoms with Crippen LogP contribution in [0.5, 0.6) is 0 Å². The summed E-state index contributed by atoms with van der Waals surface area (Å²) >= 11 is 0. The van der Waals surface area contributed by atoms with E-state index in [4.69, 9.17) is 4.74 Å². The van der Waals surface area contributed by atoms with E-state index >= 15 is 0 Å². The third-order valence-corrected chi connectivity index (χ3v) is 8.00. The second kappa shape index (κ2) is 9.88. The van der Waals surface area contributed by atoms with Crippen molar-refractivity contribution in [1.29, 1.82) is 0 Å². The van der Waals surface area contributed by atoms with Crippen molar-refractivity contribution < 1.29 is 14.3 Å². The van der Waals surface area contributed by atoms with Crippen molar-refractivity contribution in [2.45, 2.75) is 76.8 Å². The van der Waals surface area contributed by atoms with Crippen molar-refractivity contribution in [2.75, 3.05) is 7.11 Å². The number of nitrogens with one attached hydrogen (secondary N) is 1. The van der Waals surface area contributed by atoms with E-state index in [0.717, 1.165) is 40.6 Å². The number of amides is 1. The van der Waals surface area contributed by atoms with Gasteiger partial charge in [-0.25, -0.2) is 4.79 Å². The monoisotopic (exact) mass is 472 g/mol. The maximum absolute atomic E-state index is 14.0. The molecule has 2 aromatic carbocycles. The van der Waals surface area contributed by atoms with Gasteiger partial charge in [-0.2, -0.15) is 0 Å². The van der Waals surface area contributed by atoms with E-state index in [1.165, 1.54) is 31.9 Å². The molecule has 1 amide bonds. The van der Waals surface area contributed by atoms with E-state index in [0.29, 0.717) is 24.7 Å². The third kappa shape index (κ3) is 4.49. The summed E-state index contributed by atoms with van der Waals surface area (Å²) < 4.78 is 5.26. The highest BCUT2D eigenvalue weighted by atomic mass is 16.5. The van der Waals surface area contributed by atoms with Crippen LogP contribution in [0.25, 0.3) is 10.9 Å². The number of methoxy groups -OCH3 is 1. The summed E-state index contributed by atoms with van der Waals surface area (Å²) in [6.07, 6.45) is 6.76. The molecule has 3 aromatic rings. The van der Waals surface area contributed by atoms with Crippen LogP contribution in [0.4, 0.5) is 0 Å². The molecule has 1 fully saturated rings. The molecule has 1 aliphatic heterocycles. The Balaban J connectivity index is 1.63. The van der Waals surface area contributed by atoms with E-state index < -0.39 is 6.04 Å². The smallest absolute Gasteiger partial charge is 0.328 e. The maximum atomic E-state index is 14.0. The van der Waals surface area contributed by atoms with Gasteiger partial charge in [0.15, 0.2) is 0 Å². The average molecular weight is 473 g/mol. The van der Waals surface area contributed by atoms with Gasteiger partial charge in [-0.15, -0.1) is 0 Å². The van der Waals surface area contributed by atoms with E-state index in [1.54, 1.807) is 0 Å². The van der Waals surface area contributed by atoms with Crippen LogP contribution in [0.3, 0.4) is 0 Å². The number of H-pyrrole nitrogens is 1. The largest absolute Gasteiger partial charge is 0.467 e. The molecule has 0 spiro atoms. The Kier molecular flexibility index (Phi) is 6.68. The van der Waals surface area contributed by atoms with Crippen molar-refractivity contribution in [3.63, 3.8) is 0 Å². The zero-order valence-corrected chi connectivity index (χ0v) is 21.0. The maximum Gasteiger partial charge on any atom is 0.328 e. The number of carbonyl (C=O) groups is 2. The van der Waals surface area contributed by atoms with Crippen molar-refractivity contribution in [3.8, 4) is 0 Å². The van der Waals surface area contributed by atoms with Gasteiger partial charge in [0, 0.05) is 29.4 Å². The Morgan fingerprint density at radius 2 is 1.74 bits per heavy atom. The van der Waals surface area contributed by atoms with Gasteiger partial charge in [0.05, 0.1) is 13.2 Å². The highest BCUT2D eigenvalue weighted by molar-refractivity contribution is 5.91. The zero-order chi connectivity index (χ0) is 24.5. The van der Waals surface area contributed by atoms with Crippen molar-refractivity contribution in [1.82, 2.24) is 9.88 Å². The molecule has 1 aliphatic carbocycles. The first-order valence-electron chi connectivity index (χ1n) is 13.1. The number of aromatic nitrogens is 1.